The molecule has 0 aliphatic rings. The zero-order valence-electron chi connectivity index (χ0n) is 11.0. The summed E-state index contributed by atoms with van der Waals surface area (Å²) in [5.74, 6) is 0.0714. The normalized spacial score (nSPS) is 9.85. The van der Waals surface area contributed by atoms with E-state index in [0.717, 1.165) is 0 Å². The molecule has 1 aromatic carbocycles. The number of hydrogen-bond acceptors (Lipinski definition) is 6. The SMILES string of the molecule is CC(=O)OCCCCOc1ccc([N+](=O)[O-])c(C=O)c1. The van der Waals surface area contributed by atoms with E-state index in [0.29, 0.717) is 38.1 Å². The number of nitro groups is 1. The van der Waals surface area contributed by atoms with Crippen LogP contribution in [0.5, 0.6) is 5.75 Å². The molecule has 0 radical (unpaired) electrons. The number of carbonyl (C=O) groups excluding carboxylic acids is 2. The molecule has 0 N–H and O–H groups in total. The van der Waals surface area contributed by atoms with E-state index >= 15 is 0 Å². The maximum absolute atomic E-state index is 10.8. The number of unbranched alkanes of at least 4 members (excludes halogenated alkanes) is 1. The van der Waals surface area contributed by atoms with Gasteiger partial charge in [0.05, 0.1) is 23.7 Å². The molecule has 0 amide bonds. The van der Waals surface area contributed by atoms with Gasteiger partial charge in [-0.25, -0.2) is 0 Å². The number of hydrogen-bond donors (Lipinski definition) is 0. The van der Waals surface area contributed by atoms with Gasteiger partial charge in [-0.3, -0.25) is 19.7 Å². The van der Waals surface area contributed by atoms with Gasteiger partial charge in [-0.1, -0.05) is 0 Å². The number of esters is 1. The minimum atomic E-state index is -0.618. The predicted molar refractivity (Wildman–Crippen MR) is 69.8 cm³/mol. The van der Waals surface area contributed by atoms with E-state index in [1.807, 2.05) is 0 Å². The molecule has 0 atom stereocenters. The maximum atomic E-state index is 10.8. The Bertz CT molecular complexity index is 500. The number of ether oxygens (including phenoxy) is 2. The molecule has 0 saturated carbocycles. The molecule has 0 bridgehead atoms. The van der Waals surface area contributed by atoms with Crippen molar-refractivity contribution in [3.8, 4) is 5.75 Å². The van der Waals surface area contributed by atoms with Crippen LogP contribution >= 0.6 is 0 Å². The molecule has 1 rings (SSSR count). The van der Waals surface area contributed by atoms with Crippen molar-refractivity contribution in [2.45, 2.75) is 19.8 Å². The number of nitro benzene ring substituents is 1. The fourth-order valence-corrected chi connectivity index (χ4v) is 1.49. The monoisotopic (exact) mass is 281 g/mol. The molecule has 108 valence electrons. The van der Waals surface area contributed by atoms with Crippen molar-refractivity contribution in [3.63, 3.8) is 0 Å². The fraction of sp³-hybridized carbons (Fsp3) is 0.385. The Balaban J connectivity index is 2.43. The first-order chi connectivity index (χ1) is 9.54. The third kappa shape index (κ3) is 5.05. The van der Waals surface area contributed by atoms with Crippen LogP contribution in [0.2, 0.25) is 0 Å². The lowest BCUT2D eigenvalue weighted by atomic mass is 10.2. The summed E-state index contributed by atoms with van der Waals surface area (Å²) >= 11 is 0. The quantitative estimate of drug-likeness (QED) is 0.238. The molecular weight excluding hydrogens is 266 g/mol. The third-order valence-electron chi connectivity index (χ3n) is 2.44. The van der Waals surface area contributed by atoms with Crippen LogP contribution in [0.1, 0.15) is 30.1 Å². The molecule has 0 saturated heterocycles. The zero-order valence-corrected chi connectivity index (χ0v) is 11.0. The summed E-state index contributed by atoms with van der Waals surface area (Å²) in [6.07, 6.45) is 1.75. The lowest BCUT2D eigenvalue weighted by molar-refractivity contribution is -0.385. The smallest absolute Gasteiger partial charge is 0.302 e. The van der Waals surface area contributed by atoms with Gasteiger partial charge >= 0.3 is 5.97 Å². The second-order valence-electron chi connectivity index (χ2n) is 3.99. The van der Waals surface area contributed by atoms with Crippen molar-refractivity contribution in [2.24, 2.45) is 0 Å². The minimum Gasteiger partial charge on any atom is -0.494 e. The van der Waals surface area contributed by atoms with Gasteiger partial charge in [0, 0.05) is 13.0 Å². The Morgan fingerprint density at radius 2 is 2.05 bits per heavy atom. The summed E-state index contributed by atoms with van der Waals surface area (Å²) in [5, 5.41) is 10.6. The zero-order chi connectivity index (χ0) is 15.0. The highest BCUT2D eigenvalue weighted by molar-refractivity contribution is 5.82. The second-order valence-corrected chi connectivity index (χ2v) is 3.99. The molecule has 1 aromatic rings. The molecule has 0 fully saturated rings. The lowest BCUT2D eigenvalue weighted by Gasteiger charge is -2.07. The molecule has 0 aliphatic heterocycles. The van der Waals surface area contributed by atoms with Crippen LogP contribution < -0.4 is 4.74 Å². The predicted octanol–water partition coefficient (Wildman–Crippen LogP) is 2.13. The van der Waals surface area contributed by atoms with Gasteiger partial charge < -0.3 is 9.47 Å². The van der Waals surface area contributed by atoms with Crippen LogP contribution in [0.3, 0.4) is 0 Å². The molecule has 0 aromatic heterocycles. The van der Waals surface area contributed by atoms with Crippen LogP contribution in [0.25, 0.3) is 0 Å². The minimum absolute atomic E-state index is 0.0209. The summed E-state index contributed by atoms with van der Waals surface area (Å²) in [5.41, 5.74) is -0.269. The summed E-state index contributed by atoms with van der Waals surface area (Å²) in [7, 11) is 0. The average molecular weight is 281 g/mol. The van der Waals surface area contributed by atoms with Gasteiger partial charge in [-0.15, -0.1) is 0 Å². The van der Waals surface area contributed by atoms with Gasteiger partial charge in [-0.05, 0) is 25.0 Å². The first kappa shape index (κ1) is 15.6. The van der Waals surface area contributed by atoms with E-state index in [2.05, 4.69) is 0 Å². The summed E-state index contributed by atoms with van der Waals surface area (Å²) < 4.78 is 10.1. The van der Waals surface area contributed by atoms with Crippen LogP contribution in [0, 0.1) is 10.1 Å². The molecule has 0 heterocycles. The number of rotatable bonds is 8. The van der Waals surface area contributed by atoms with E-state index < -0.39 is 4.92 Å². The van der Waals surface area contributed by atoms with Gasteiger partial charge in [0.1, 0.15) is 5.75 Å². The van der Waals surface area contributed by atoms with Crippen molar-refractivity contribution in [1.82, 2.24) is 0 Å². The Labute approximate surface area is 115 Å². The van der Waals surface area contributed by atoms with Crippen molar-refractivity contribution >= 4 is 17.9 Å². The van der Waals surface area contributed by atoms with E-state index in [1.165, 1.54) is 25.1 Å². The largest absolute Gasteiger partial charge is 0.494 e. The molecular formula is C13H15NO6. The highest BCUT2D eigenvalue weighted by atomic mass is 16.6. The van der Waals surface area contributed by atoms with Crippen LogP contribution in [0.15, 0.2) is 18.2 Å². The van der Waals surface area contributed by atoms with Gasteiger partial charge in [0.15, 0.2) is 6.29 Å². The standard InChI is InChI=1S/C13H15NO6/c1-10(16)19-6-2-3-7-20-12-4-5-13(14(17)18)11(8-12)9-15/h4-5,8-9H,2-3,6-7H2,1H3. The topological polar surface area (TPSA) is 95.7 Å². The van der Waals surface area contributed by atoms with E-state index in [9.17, 15) is 19.7 Å². The second kappa shape index (κ2) is 7.88. The summed E-state index contributed by atoms with van der Waals surface area (Å²) in [6.45, 7) is 2.05. The maximum Gasteiger partial charge on any atom is 0.302 e. The van der Waals surface area contributed by atoms with Gasteiger partial charge in [0.25, 0.3) is 5.69 Å². The van der Waals surface area contributed by atoms with Crippen LogP contribution in [-0.4, -0.2) is 30.4 Å². The van der Waals surface area contributed by atoms with Crippen molar-refractivity contribution in [3.05, 3.63) is 33.9 Å². The molecule has 0 spiro atoms. The Morgan fingerprint density at radius 1 is 1.35 bits per heavy atom. The fourth-order valence-electron chi connectivity index (χ4n) is 1.49. The van der Waals surface area contributed by atoms with Crippen LogP contribution in [0.4, 0.5) is 5.69 Å². The highest BCUT2D eigenvalue weighted by Crippen LogP contribution is 2.22. The molecule has 7 heteroatoms. The van der Waals surface area contributed by atoms with E-state index in [-0.39, 0.29) is 17.2 Å². The Kier molecular flexibility index (Phi) is 6.15. The Hall–Kier alpha value is -2.44. The molecule has 20 heavy (non-hydrogen) atoms. The first-order valence-corrected chi connectivity index (χ1v) is 6.04. The van der Waals surface area contributed by atoms with E-state index in [1.54, 1.807) is 0 Å². The summed E-state index contributed by atoms with van der Waals surface area (Å²) in [4.78, 5) is 31.3. The first-order valence-electron chi connectivity index (χ1n) is 6.04. The average Bonchev–Trinajstić information content (AvgIpc) is 2.41. The third-order valence-corrected chi connectivity index (χ3v) is 2.44. The summed E-state index contributed by atoms with van der Waals surface area (Å²) in [6, 6.07) is 4.01. The lowest BCUT2D eigenvalue weighted by Crippen LogP contribution is -2.04. The van der Waals surface area contributed by atoms with E-state index in [4.69, 9.17) is 9.47 Å². The molecule has 7 nitrogen and oxygen atoms in total. The van der Waals surface area contributed by atoms with Crippen LogP contribution in [-0.2, 0) is 9.53 Å². The van der Waals surface area contributed by atoms with Crippen molar-refractivity contribution in [2.75, 3.05) is 13.2 Å². The van der Waals surface area contributed by atoms with Gasteiger partial charge in [0.2, 0.25) is 0 Å². The Morgan fingerprint density at radius 3 is 2.65 bits per heavy atom. The van der Waals surface area contributed by atoms with Gasteiger partial charge in [-0.2, -0.15) is 0 Å². The molecule has 0 unspecified atom stereocenters. The number of nitrogens with zero attached hydrogens (tertiary/aromatic N) is 1. The molecule has 0 aliphatic carbocycles. The van der Waals surface area contributed by atoms with Crippen molar-refractivity contribution < 1.29 is 24.0 Å². The number of benzene rings is 1. The number of aldehydes is 1. The van der Waals surface area contributed by atoms with Crippen molar-refractivity contribution in [1.29, 1.82) is 0 Å². The highest BCUT2D eigenvalue weighted by Gasteiger charge is 2.13. The number of carbonyl (C=O) groups is 2.